The summed E-state index contributed by atoms with van der Waals surface area (Å²) in [7, 11) is 3.59. The molecule has 0 spiro atoms. The fourth-order valence-corrected chi connectivity index (χ4v) is 1.95. The minimum atomic E-state index is 0.596. The summed E-state index contributed by atoms with van der Waals surface area (Å²) in [5.74, 6) is 0.860. The van der Waals surface area contributed by atoms with Crippen LogP contribution in [0.25, 0.3) is 11.1 Å². The molecule has 4 heteroatoms. The summed E-state index contributed by atoms with van der Waals surface area (Å²) in [5, 5.41) is 4.43. The second kappa shape index (κ2) is 5.01. The van der Waals surface area contributed by atoms with E-state index in [1.807, 2.05) is 42.2 Å². The van der Waals surface area contributed by atoms with Gasteiger partial charge >= 0.3 is 0 Å². The molecule has 0 radical (unpaired) electrons. The maximum absolute atomic E-state index is 5.61. The lowest BCUT2D eigenvalue weighted by atomic mass is 10.0. The summed E-state index contributed by atoms with van der Waals surface area (Å²) in [5.41, 5.74) is 8.77. The first kappa shape index (κ1) is 11.7. The zero-order chi connectivity index (χ0) is 12.3. The highest BCUT2D eigenvalue weighted by Gasteiger charge is 2.12. The van der Waals surface area contributed by atoms with Gasteiger partial charge < -0.3 is 10.5 Å². The zero-order valence-corrected chi connectivity index (χ0v) is 10.2. The van der Waals surface area contributed by atoms with Crippen LogP contribution in [0.15, 0.2) is 30.5 Å². The molecule has 0 saturated carbocycles. The molecule has 0 unspecified atom stereocenters. The van der Waals surface area contributed by atoms with Gasteiger partial charge in [0.15, 0.2) is 0 Å². The third-order valence-corrected chi connectivity index (χ3v) is 2.68. The molecular formula is C13H17N3O. The van der Waals surface area contributed by atoms with Crippen molar-refractivity contribution in [2.45, 2.75) is 6.42 Å². The number of nitrogens with zero attached hydrogens (tertiary/aromatic N) is 2. The lowest BCUT2D eigenvalue weighted by molar-refractivity contribution is 0.416. The largest absolute Gasteiger partial charge is 0.496 e. The van der Waals surface area contributed by atoms with Crippen molar-refractivity contribution in [1.82, 2.24) is 9.78 Å². The number of methoxy groups -OCH3 is 1. The highest BCUT2D eigenvalue weighted by Crippen LogP contribution is 2.31. The Kier molecular flexibility index (Phi) is 3.44. The van der Waals surface area contributed by atoms with Crippen molar-refractivity contribution in [3.8, 4) is 16.9 Å². The van der Waals surface area contributed by atoms with E-state index < -0.39 is 0 Å². The highest BCUT2D eigenvalue weighted by molar-refractivity contribution is 5.71. The predicted octanol–water partition coefficient (Wildman–Crippen LogP) is 1.60. The standard InChI is InChI=1S/C13H17N3O/c1-16-9-11(12(15-16)7-8-14)10-5-3-4-6-13(10)17-2/h3-6,9H,7-8,14H2,1-2H3. The van der Waals surface area contributed by atoms with Crippen LogP contribution in [0.4, 0.5) is 0 Å². The van der Waals surface area contributed by atoms with Crippen LogP contribution in [-0.4, -0.2) is 23.4 Å². The van der Waals surface area contributed by atoms with Crippen LogP contribution in [0.3, 0.4) is 0 Å². The Morgan fingerprint density at radius 3 is 2.76 bits per heavy atom. The van der Waals surface area contributed by atoms with Gasteiger partial charge in [-0.25, -0.2) is 0 Å². The van der Waals surface area contributed by atoms with Crippen LogP contribution in [0.2, 0.25) is 0 Å². The number of hydrogen-bond acceptors (Lipinski definition) is 3. The molecule has 0 aliphatic rings. The molecule has 0 amide bonds. The number of para-hydroxylation sites is 1. The topological polar surface area (TPSA) is 53.1 Å². The van der Waals surface area contributed by atoms with Crippen LogP contribution >= 0.6 is 0 Å². The molecule has 2 rings (SSSR count). The number of ether oxygens (including phenoxy) is 1. The monoisotopic (exact) mass is 231 g/mol. The van der Waals surface area contributed by atoms with Gasteiger partial charge in [-0.3, -0.25) is 4.68 Å². The van der Waals surface area contributed by atoms with E-state index in [1.165, 1.54) is 0 Å². The molecular weight excluding hydrogens is 214 g/mol. The summed E-state index contributed by atoms with van der Waals surface area (Å²) in [6.45, 7) is 0.596. The van der Waals surface area contributed by atoms with E-state index in [9.17, 15) is 0 Å². The minimum absolute atomic E-state index is 0.596. The van der Waals surface area contributed by atoms with E-state index in [2.05, 4.69) is 5.10 Å². The smallest absolute Gasteiger partial charge is 0.126 e. The SMILES string of the molecule is COc1ccccc1-c1cn(C)nc1CCN. The molecule has 0 fully saturated rings. The van der Waals surface area contributed by atoms with Crippen LogP contribution in [0.5, 0.6) is 5.75 Å². The lowest BCUT2D eigenvalue weighted by Gasteiger charge is -2.07. The first-order valence-corrected chi connectivity index (χ1v) is 5.62. The highest BCUT2D eigenvalue weighted by atomic mass is 16.5. The molecule has 90 valence electrons. The third-order valence-electron chi connectivity index (χ3n) is 2.68. The van der Waals surface area contributed by atoms with E-state index in [1.54, 1.807) is 7.11 Å². The summed E-state index contributed by atoms with van der Waals surface area (Å²) in [6, 6.07) is 7.95. The molecule has 0 bridgehead atoms. The van der Waals surface area contributed by atoms with Gasteiger partial charge in [0.05, 0.1) is 12.8 Å². The average molecular weight is 231 g/mol. The van der Waals surface area contributed by atoms with Crippen molar-refractivity contribution >= 4 is 0 Å². The molecule has 0 aliphatic carbocycles. The van der Waals surface area contributed by atoms with Crippen molar-refractivity contribution in [3.63, 3.8) is 0 Å². The van der Waals surface area contributed by atoms with Gasteiger partial charge in [0.25, 0.3) is 0 Å². The van der Waals surface area contributed by atoms with Crippen molar-refractivity contribution in [2.75, 3.05) is 13.7 Å². The van der Waals surface area contributed by atoms with Gasteiger partial charge in [-0.05, 0) is 12.6 Å². The number of aryl methyl sites for hydroxylation is 1. The van der Waals surface area contributed by atoms with E-state index in [0.717, 1.165) is 29.0 Å². The molecule has 4 nitrogen and oxygen atoms in total. The Morgan fingerprint density at radius 1 is 1.29 bits per heavy atom. The number of nitrogens with two attached hydrogens (primary N) is 1. The average Bonchev–Trinajstić information content (AvgIpc) is 2.71. The maximum atomic E-state index is 5.61. The second-order valence-corrected chi connectivity index (χ2v) is 3.90. The van der Waals surface area contributed by atoms with Crippen molar-refractivity contribution in [2.24, 2.45) is 12.8 Å². The molecule has 1 heterocycles. The van der Waals surface area contributed by atoms with Gasteiger partial charge in [0.1, 0.15) is 5.75 Å². The summed E-state index contributed by atoms with van der Waals surface area (Å²) in [6.07, 6.45) is 2.77. The minimum Gasteiger partial charge on any atom is -0.496 e. The van der Waals surface area contributed by atoms with Crippen molar-refractivity contribution < 1.29 is 4.74 Å². The molecule has 0 saturated heterocycles. The predicted molar refractivity (Wildman–Crippen MR) is 68.0 cm³/mol. The van der Waals surface area contributed by atoms with Crippen LogP contribution in [0.1, 0.15) is 5.69 Å². The Balaban J connectivity index is 2.51. The van der Waals surface area contributed by atoms with Crippen LogP contribution in [0, 0.1) is 0 Å². The first-order chi connectivity index (χ1) is 8.26. The Morgan fingerprint density at radius 2 is 2.06 bits per heavy atom. The fourth-order valence-electron chi connectivity index (χ4n) is 1.95. The van der Waals surface area contributed by atoms with Gasteiger partial charge in [-0.15, -0.1) is 0 Å². The lowest BCUT2D eigenvalue weighted by Crippen LogP contribution is -2.04. The van der Waals surface area contributed by atoms with E-state index in [-0.39, 0.29) is 0 Å². The second-order valence-electron chi connectivity index (χ2n) is 3.90. The maximum Gasteiger partial charge on any atom is 0.126 e. The van der Waals surface area contributed by atoms with Gasteiger partial charge in [0, 0.05) is 30.8 Å². The molecule has 0 atom stereocenters. The molecule has 1 aromatic carbocycles. The summed E-state index contributed by atoms with van der Waals surface area (Å²) in [4.78, 5) is 0. The van der Waals surface area contributed by atoms with Crippen LogP contribution in [-0.2, 0) is 13.5 Å². The quantitative estimate of drug-likeness (QED) is 0.869. The number of hydrogen-bond donors (Lipinski definition) is 1. The molecule has 2 N–H and O–H groups in total. The zero-order valence-electron chi connectivity index (χ0n) is 10.2. The van der Waals surface area contributed by atoms with Crippen molar-refractivity contribution in [3.05, 3.63) is 36.2 Å². The molecule has 2 aromatic rings. The Hall–Kier alpha value is -1.81. The summed E-state index contributed by atoms with van der Waals surface area (Å²) < 4.78 is 7.19. The Bertz CT molecular complexity index is 505. The number of aromatic nitrogens is 2. The van der Waals surface area contributed by atoms with Gasteiger partial charge in [0.2, 0.25) is 0 Å². The van der Waals surface area contributed by atoms with Gasteiger partial charge in [-0.2, -0.15) is 5.10 Å². The van der Waals surface area contributed by atoms with Crippen LogP contribution < -0.4 is 10.5 Å². The molecule has 1 aromatic heterocycles. The Labute approximate surface area is 101 Å². The summed E-state index contributed by atoms with van der Waals surface area (Å²) >= 11 is 0. The van der Waals surface area contributed by atoms with Crippen molar-refractivity contribution in [1.29, 1.82) is 0 Å². The molecule has 0 aliphatic heterocycles. The third kappa shape index (κ3) is 2.31. The number of rotatable bonds is 4. The molecule has 17 heavy (non-hydrogen) atoms. The fraction of sp³-hybridized carbons (Fsp3) is 0.308. The normalized spacial score (nSPS) is 10.5. The van der Waals surface area contributed by atoms with E-state index >= 15 is 0 Å². The first-order valence-electron chi connectivity index (χ1n) is 5.62. The van der Waals surface area contributed by atoms with E-state index in [4.69, 9.17) is 10.5 Å². The van der Waals surface area contributed by atoms with Gasteiger partial charge in [-0.1, -0.05) is 18.2 Å². The number of benzene rings is 1. The van der Waals surface area contributed by atoms with E-state index in [0.29, 0.717) is 6.54 Å².